The molecule has 0 fully saturated rings. The quantitative estimate of drug-likeness (QED) is 0.297. The van der Waals surface area contributed by atoms with Gasteiger partial charge in [0.05, 0.1) is 12.2 Å². The monoisotopic (exact) mass is 349 g/mol. The molecule has 0 aromatic carbocycles. The van der Waals surface area contributed by atoms with Crippen LogP contribution in [0.15, 0.2) is 29.5 Å². The van der Waals surface area contributed by atoms with Crippen molar-refractivity contribution in [1.29, 1.82) is 0 Å². The van der Waals surface area contributed by atoms with Gasteiger partial charge in [-0.3, -0.25) is 5.73 Å². The molecule has 0 amide bonds. The molecule has 5 heteroatoms. The number of hydrogen-bond donors (Lipinski definition) is 1. The number of rotatable bonds is 14. The maximum absolute atomic E-state index is 11.1. The van der Waals surface area contributed by atoms with Gasteiger partial charge in [0.25, 0.3) is 0 Å². The number of allylic oxidation sites excluding steroid dienone is 2. The van der Waals surface area contributed by atoms with Crippen molar-refractivity contribution in [3.8, 4) is 0 Å². The van der Waals surface area contributed by atoms with Crippen molar-refractivity contribution in [2.75, 3.05) is 6.54 Å². The van der Waals surface area contributed by atoms with Crippen molar-refractivity contribution in [2.24, 2.45) is 10.7 Å². The Morgan fingerprint density at radius 3 is 2.36 bits per heavy atom. The summed E-state index contributed by atoms with van der Waals surface area (Å²) < 4.78 is 0.106. The summed E-state index contributed by atoms with van der Waals surface area (Å²) >= 11 is 0. The Hall–Kier alpha value is -1.46. The van der Waals surface area contributed by atoms with E-state index in [0.29, 0.717) is 0 Å². The third-order valence-corrected chi connectivity index (χ3v) is 4.91. The number of carboxylic acids is 1. The summed E-state index contributed by atoms with van der Waals surface area (Å²) in [6.45, 7) is 3.76. The molecule has 25 heavy (non-hydrogen) atoms. The molecule has 1 aliphatic rings. The van der Waals surface area contributed by atoms with Crippen molar-refractivity contribution in [1.82, 2.24) is 0 Å². The Kier molecular flexibility index (Phi) is 10.3. The highest BCUT2D eigenvalue weighted by Crippen LogP contribution is 2.23. The fraction of sp³-hybridized carbons (Fsp3) is 0.700. The van der Waals surface area contributed by atoms with Crippen LogP contribution in [0.25, 0.3) is 0 Å². The number of amidine groups is 1. The summed E-state index contributed by atoms with van der Waals surface area (Å²) in [5, 5.41) is 11.1. The summed E-state index contributed by atoms with van der Waals surface area (Å²) in [6, 6.07) is 0. The standard InChI is InChI=1S/C20H35N3O2/c1-3-4-5-6-7-8-9-10-11-12-13-14-19-22-15-16-23(19,18(2)21)17-20(24)25/h3-4,15-16,18H,5-14,17,21H2,1-2H3/b4-3+. The Labute approximate surface area is 152 Å². The SMILES string of the molecule is C/C=C/CCCCCCCCCCC1=NC=C[N+]1(CC(=O)[O-])C(C)N. The average Bonchev–Trinajstić information content (AvgIpc) is 2.96. The van der Waals surface area contributed by atoms with Crippen LogP contribution in [0.4, 0.5) is 0 Å². The molecule has 0 aromatic rings. The van der Waals surface area contributed by atoms with E-state index >= 15 is 0 Å². The number of quaternary nitrogens is 1. The van der Waals surface area contributed by atoms with E-state index in [1.807, 2.05) is 6.92 Å². The second-order valence-electron chi connectivity index (χ2n) is 6.98. The highest BCUT2D eigenvalue weighted by Gasteiger charge is 2.38. The van der Waals surface area contributed by atoms with Crippen LogP contribution in [0, 0.1) is 0 Å². The van der Waals surface area contributed by atoms with Crippen LogP contribution in [0.3, 0.4) is 0 Å². The predicted molar refractivity (Wildman–Crippen MR) is 101 cm³/mol. The number of carboxylic acid groups (broad SMARTS) is 1. The Morgan fingerprint density at radius 2 is 1.80 bits per heavy atom. The molecule has 1 heterocycles. The van der Waals surface area contributed by atoms with Gasteiger partial charge in [-0.15, -0.1) is 0 Å². The minimum Gasteiger partial charge on any atom is -0.544 e. The van der Waals surface area contributed by atoms with Crippen LogP contribution in [0.2, 0.25) is 0 Å². The zero-order chi connectivity index (χ0) is 18.5. The Morgan fingerprint density at radius 1 is 1.20 bits per heavy atom. The average molecular weight is 350 g/mol. The lowest BCUT2D eigenvalue weighted by Gasteiger charge is -2.36. The number of unbranched alkanes of at least 4 members (excludes halogenated alkanes) is 8. The van der Waals surface area contributed by atoms with E-state index in [1.165, 1.54) is 44.9 Å². The first-order valence-electron chi connectivity index (χ1n) is 9.72. The van der Waals surface area contributed by atoms with Crippen molar-refractivity contribution < 1.29 is 14.4 Å². The third-order valence-electron chi connectivity index (χ3n) is 4.91. The molecule has 1 rings (SSSR count). The van der Waals surface area contributed by atoms with Gasteiger partial charge in [-0.1, -0.05) is 50.7 Å². The molecule has 0 spiro atoms. The summed E-state index contributed by atoms with van der Waals surface area (Å²) in [4.78, 5) is 15.5. The first-order chi connectivity index (χ1) is 12.0. The van der Waals surface area contributed by atoms with Crippen LogP contribution in [0.5, 0.6) is 0 Å². The number of carbonyl (C=O) groups excluding carboxylic acids is 1. The van der Waals surface area contributed by atoms with Crippen molar-refractivity contribution in [3.05, 3.63) is 24.6 Å². The lowest BCUT2D eigenvalue weighted by molar-refractivity contribution is -0.808. The van der Waals surface area contributed by atoms with Gasteiger partial charge in [0.2, 0.25) is 5.84 Å². The third kappa shape index (κ3) is 7.53. The van der Waals surface area contributed by atoms with Crippen molar-refractivity contribution in [3.63, 3.8) is 0 Å². The molecule has 0 saturated heterocycles. The van der Waals surface area contributed by atoms with Crippen molar-refractivity contribution >= 4 is 11.8 Å². The molecule has 0 radical (unpaired) electrons. The van der Waals surface area contributed by atoms with Gasteiger partial charge in [-0.2, -0.15) is 0 Å². The lowest BCUT2D eigenvalue weighted by Crippen LogP contribution is -2.60. The minimum atomic E-state index is -1.09. The maximum atomic E-state index is 11.1. The highest BCUT2D eigenvalue weighted by molar-refractivity contribution is 5.81. The maximum Gasteiger partial charge on any atom is 0.209 e. The van der Waals surface area contributed by atoms with Gasteiger partial charge in [0.15, 0.2) is 0 Å². The molecule has 0 aliphatic carbocycles. The van der Waals surface area contributed by atoms with Gasteiger partial charge in [-0.25, -0.2) is 9.48 Å². The lowest BCUT2D eigenvalue weighted by atomic mass is 10.1. The zero-order valence-electron chi connectivity index (χ0n) is 16.0. The van der Waals surface area contributed by atoms with Crippen LogP contribution in [0.1, 0.15) is 78.1 Å². The van der Waals surface area contributed by atoms with Gasteiger partial charge in [0, 0.05) is 13.3 Å². The second kappa shape index (κ2) is 12.0. The molecule has 0 aromatic heterocycles. The number of hydrogen-bond acceptors (Lipinski definition) is 4. The van der Waals surface area contributed by atoms with Crippen LogP contribution < -0.4 is 10.8 Å². The zero-order valence-corrected chi connectivity index (χ0v) is 16.0. The van der Waals surface area contributed by atoms with E-state index in [-0.39, 0.29) is 17.2 Å². The highest BCUT2D eigenvalue weighted by atomic mass is 16.4. The normalized spacial score (nSPS) is 21.0. The van der Waals surface area contributed by atoms with E-state index in [9.17, 15) is 9.90 Å². The van der Waals surface area contributed by atoms with Gasteiger partial charge >= 0.3 is 0 Å². The van der Waals surface area contributed by atoms with E-state index < -0.39 is 5.97 Å². The summed E-state index contributed by atoms with van der Waals surface area (Å²) in [5.41, 5.74) is 6.05. The number of nitrogens with zero attached hydrogens (tertiary/aromatic N) is 2. The van der Waals surface area contributed by atoms with Gasteiger partial charge in [-0.05, 0) is 26.2 Å². The summed E-state index contributed by atoms with van der Waals surface area (Å²) in [7, 11) is 0. The molecule has 142 valence electrons. The Balaban J connectivity index is 2.18. The fourth-order valence-electron chi connectivity index (χ4n) is 3.35. The smallest absolute Gasteiger partial charge is 0.209 e. The Bertz CT molecular complexity index is 483. The number of aliphatic imine (C=N–C) groups is 1. The van der Waals surface area contributed by atoms with Gasteiger partial charge in [0.1, 0.15) is 18.9 Å². The van der Waals surface area contributed by atoms with E-state index in [4.69, 9.17) is 5.73 Å². The van der Waals surface area contributed by atoms with Crippen molar-refractivity contribution in [2.45, 2.75) is 84.2 Å². The number of carbonyl (C=O) groups is 1. The van der Waals surface area contributed by atoms with E-state index in [0.717, 1.165) is 25.1 Å². The predicted octanol–water partition coefficient (Wildman–Crippen LogP) is 3.22. The summed E-state index contributed by atoms with van der Waals surface area (Å²) in [6.07, 6.45) is 19.4. The minimum absolute atomic E-state index is 0.106. The molecule has 2 atom stereocenters. The molecular formula is C20H35N3O2. The first kappa shape index (κ1) is 21.6. The number of nitrogens with two attached hydrogens (primary N) is 1. The molecule has 0 saturated carbocycles. The van der Waals surface area contributed by atoms with Crippen LogP contribution in [-0.2, 0) is 4.79 Å². The second-order valence-corrected chi connectivity index (χ2v) is 6.98. The molecule has 1 aliphatic heterocycles. The van der Waals surface area contributed by atoms with E-state index in [1.54, 1.807) is 12.4 Å². The van der Waals surface area contributed by atoms with E-state index in [2.05, 4.69) is 24.1 Å². The number of aliphatic carboxylic acids is 1. The molecule has 0 bridgehead atoms. The molecule has 2 N–H and O–H groups in total. The summed E-state index contributed by atoms with van der Waals surface area (Å²) in [5.74, 6) is -0.242. The molecule has 2 unspecified atom stereocenters. The van der Waals surface area contributed by atoms with Gasteiger partial charge < -0.3 is 9.90 Å². The van der Waals surface area contributed by atoms with Crippen LogP contribution >= 0.6 is 0 Å². The largest absolute Gasteiger partial charge is 0.544 e. The topological polar surface area (TPSA) is 78.5 Å². The first-order valence-corrected chi connectivity index (χ1v) is 9.72. The molecule has 5 nitrogen and oxygen atoms in total. The fourth-order valence-corrected chi connectivity index (χ4v) is 3.35. The van der Waals surface area contributed by atoms with Crippen LogP contribution in [-0.4, -0.2) is 29.0 Å². The molecular weight excluding hydrogens is 314 g/mol.